The van der Waals surface area contributed by atoms with Gasteiger partial charge in [0, 0.05) is 24.5 Å². The second-order valence-corrected chi connectivity index (χ2v) is 9.15. The van der Waals surface area contributed by atoms with Crippen molar-refractivity contribution in [3.8, 4) is 0 Å². The van der Waals surface area contributed by atoms with E-state index in [2.05, 4.69) is 36.5 Å². The van der Waals surface area contributed by atoms with Gasteiger partial charge in [0.05, 0.1) is 23.6 Å². The average Bonchev–Trinajstić information content (AvgIpc) is 3.32. The number of aromatic nitrogens is 2. The zero-order chi connectivity index (χ0) is 22.5. The van der Waals surface area contributed by atoms with E-state index in [0.717, 1.165) is 25.9 Å². The van der Waals surface area contributed by atoms with Crippen LogP contribution < -0.4 is 10.9 Å². The van der Waals surface area contributed by atoms with Crippen molar-refractivity contribution in [1.82, 2.24) is 14.9 Å². The number of amides is 1. The van der Waals surface area contributed by atoms with Crippen molar-refractivity contribution < 1.29 is 9.53 Å². The van der Waals surface area contributed by atoms with Crippen LogP contribution in [0.2, 0.25) is 0 Å². The minimum absolute atomic E-state index is 0.0322. The van der Waals surface area contributed by atoms with Gasteiger partial charge in [-0.25, -0.2) is 4.98 Å². The van der Waals surface area contributed by atoms with E-state index in [-0.39, 0.29) is 17.6 Å². The maximum absolute atomic E-state index is 13.4. The van der Waals surface area contributed by atoms with Gasteiger partial charge in [0.2, 0.25) is 0 Å². The van der Waals surface area contributed by atoms with E-state index >= 15 is 0 Å². The molecule has 4 rings (SSSR count). The molecule has 1 aliphatic rings. The summed E-state index contributed by atoms with van der Waals surface area (Å²) in [4.78, 5) is 30.6. The number of nitrogens with zero attached hydrogens (tertiary/aromatic N) is 2. The van der Waals surface area contributed by atoms with Crippen LogP contribution in [-0.2, 0) is 17.0 Å². The molecule has 168 valence electrons. The molecule has 1 aliphatic heterocycles. The van der Waals surface area contributed by atoms with Crippen molar-refractivity contribution in [2.75, 3.05) is 13.2 Å². The molecule has 0 saturated carbocycles. The number of ether oxygens (including phenoxy) is 1. The summed E-state index contributed by atoms with van der Waals surface area (Å²) in [6.07, 6.45) is 2.86. The molecule has 2 aromatic carbocycles. The molecule has 3 aromatic rings. The van der Waals surface area contributed by atoms with Gasteiger partial charge in [-0.05, 0) is 49.9 Å². The van der Waals surface area contributed by atoms with Crippen LogP contribution in [0.4, 0.5) is 0 Å². The van der Waals surface area contributed by atoms with Gasteiger partial charge < -0.3 is 10.1 Å². The predicted molar refractivity (Wildman–Crippen MR) is 128 cm³/mol. The number of carbonyl (C=O) groups excluding carboxylic acids is 1. The molecular formula is C25H29N3O3S. The molecule has 0 bridgehead atoms. The van der Waals surface area contributed by atoms with Crippen LogP contribution in [0.15, 0.2) is 52.4 Å². The van der Waals surface area contributed by atoms with Gasteiger partial charge in [-0.15, -0.1) is 0 Å². The lowest BCUT2D eigenvalue weighted by molar-refractivity contribution is 0.0937. The topological polar surface area (TPSA) is 73.2 Å². The summed E-state index contributed by atoms with van der Waals surface area (Å²) in [5.74, 6) is 0.563. The van der Waals surface area contributed by atoms with Crippen molar-refractivity contribution in [1.29, 1.82) is 0 Å². The van der Waals surface area contributed by atoms with Crippen LogP contribution in [0.25, 0.3) is 10.9 Å². The van der Waals surface area contributed by atoms with Crippen LogP contribution in [0, 0.1) is 6.92 Å². The fourth-order valence-corrected chi connectivity index (χ4v) is 4.74. The first-order valence-corrected chi connectivity index (χ1v) is 12.2. The third kappa shape index (κ3) is 5.22. The van der Waals surface area contributed by atoms with Crippen LogP contribution in [0.5, 0.6) is 0 Å². The van der Waals surface area contributed by atoms with Gasteiger partial charge in [0.1, 0.15) is 0 Å². The molecular weight excluding hydrogens is 422 g/mol. The normalized spacial score (nSPS) is 15.9. The van der Waals surface area contributed by atoms with E-state index in [9.17, 15) is 9.59 Å². The summed E-state index contributed by atoms with van der Waals surface area (Å²) in [6.45, 7) is 5.93. The number of hydrogen-bond acceptors (Lipinski definition) is 5. The van der Waals surface area contributed by atoms with E-state index in [4.69, 9.17) is 9.72 Å². The minimum atomic E-state index is -0.145. The smallest absolute Gasteiger partial charge is 0.262 e. The molecule has 32 heavy (non-hydrogen) atoms. The molecule has 6 nitrogen and oxygen atoms in total. The number of hydrogen-bond donors (Lipinski definition) is 1. The van der Waals surface area contributed by atoms with Crippen molar-refractivity contribution >= 4 is 28.6 Å². The van der Waals surface area contributed by atoms with Gasteiger partial charge in [0.15, 0.2) is 5.16 Å². The summed E-state index contributed by atoms with van der Waals surface area (Å²) in [6, 6.07) is 13.5. The first kappa shape index (κ1) is 22.6. The zero-order valence-corrected chi connectivity index (χ0v) is 19.4. The SMILES string of the molecule is CCCNC(=O)c1ccc2c(=O)n(C[C@@H]3CCCO3)c(SCc3ccc(C)cc3)nc2c1. The van der Waals surface area contributed by atoms with E-state index in [1.54, 1.807) is 34.5 Å². The monoisotopic (exact) mass is 451 g/mol. The summed E-state index contributed by atoms with van der Waals surface area (Å²) in [5, 5.41) is 4.06. The molecule has 1 amide bonds. The number of rotatable bonds is 8. The predicted octanol–water partition coefficient (Wildman–Crippen LogP) is 4.32. The standard InChI is InChI=1S/C25H29N3O3S/c1-3-12-26-23(29)19-10-11-21-22(14-19)27-25(32-16-18-8-6-17(2)7-9-18)28(24(21)30)15-20-5-4-13-31-20/h6-11,14,20H,3-5,12-13,15-16H2,1-2H3,(H,26,29)/t20-/m0/s1. The number of nitrogens with one attached hydrogen (secondary N) is 1. The first-order chi connectivity index (χ1) is 15.5. The lowest BCUT2D eigenvalue weighted by atomic mass is 10.1. The second-order valence-electron chi connectivity index (χ2n) is 8.21. The zero-order valence-electron chi connectivity index (χ0n) is 18.6. The highest BCUT2D eigenvalue weighted by molar-refractivity contribution is 7.98. The van der Waals surface area contributed by atoms with Gasteiger partial charge >= 0.3 is 0 Å². The number of fused-ring (bicyclic) bond motifs is 1. The summed E-state index contributed by atoms with van der Waals surface area (Å²) in [7, 11) is 0. The van der Waals surface area contributed by atoms with E-state index < -0.39 is 0 Å². The Hall–Kier alpha value is -2.64. The van der Waals surface area contributed by atoms with Crippen LogP contribution in [-0.4, -0.2) is 34.7 Å². The molecule has 0 spiro atoms. The maximum atomic E-state index is 13.4. The fraction of sp³-hybridized carbons (Fsp3) is 0.400. The number of thioether (sulfide) groups is 1. The quantitative estimate of drug-likeness (QED) is 0.408. The molecule has 7 heteroatoms. The number of benzene rings is 2. The fourth-order valence-electron chi connectivity index (χ4n) is 3.78. The largest absolute Gasteiger partial charge is 0.376 e. The van der Waals surface area contributed by atoms with Crippen LogP contribution in [0.3, 0.4) is 0 Å². The van der Waals surface area contributed by atoms with Crippen molar-refractivity contribution in [2.24, 2.45) is 0 Å². The molecule has 0 aliphatic carbocycles. The molecule has 1 atom stereocenters. The molecule has 1 aromatic heterocycles. The minimum Gasteiger partial charge on any atom is -0.376 e. The molecule has 0 unspecified atom stereocenters. The average molecular weight is 452 g/mol. The van der Waals surface area contributed by atoms with Crippen LogP contribution >= 0.6 is 11.8 Å². The number of carbonyl (C=O) groups is 1. The lowest BCUT2D eigenvalue weighted by Gasteiger charge is -2.17. The summed E-state index contributed by atoms with van der Waals surface area (Å²) >= 11 is 1.54. The van der Waals surface area contributed by atoms with E-state index in [1.807, 2.05) is 6.92 Å². The summed E-state index contributed by atoms with van der Waals surface area (Å²) < 4.78 is 7.54. The molecule has 0 radical (unpaired) electrons. The molecule has 1 saturated heterocycles. The molecule has 1 fully saturated rings. The third-order valence-corrected chi connectivity index (χ3v) is 6.66. The Balaban J connectivity index is 1.69. The highest BCUT2D eigenvalue weighted by Gasteiger charge is 2.21. The van der Waals surface area contributed by atoms with Gasteiger partial charge in [-0.3, -0.25) is 14.2 Å². The molecule has 1 N–H and O–H groups in total. The Bertz CT molecular complexity index is 1150. The highest BCUT2D eigenvalue weighted by atomic mass is 32.2. The third-order valence-electron chi connectivity index (χ3n) is 5.62. The van der Waals surface area contributed by atoms with E-state index in [0.29, 0.717) is 40.5 Å². The number of aryl methyl sites for hydroxylation is 1. The Morgan fingerprint density at radius 2 is 2.06 bits per heavy atom. The van der Waals surface area contributed by atoms with E-state index in [1.165, 1.54) is 11.1 Å². The Labute approximate surface area is 192 Å². The van der Waals surface area contributed by atoms with Crippen molar-refractivity contribution in [3.05, 3.63) is 69.5 Å². The van der Waals surface area contributed by atoms with Gasteiger partial charge in [-0.1, -0.05) is 48.5 Å². The van der Waals surface area contributed by atoms with Gasteiger partial charge in [-0.2, -0.15) is 0 Å². The van der Waals surface area contributed by atoms with Crippen molar-refractivity contribution in [3.63, 3.8) is 0 Å². The Morgan fingerprint density at radius 1 is 1.25 bits per heavy atom. The van der Waals surface area contributed by atoms with Crippen molar-refractivity contribution in [2.45, 2.75) is 56.7 Å². The highest BCUT2D eigenvalue weighted by Crippen LogP contribution is 2.24. The summed E-state index contributed by atoms with van der Waals surface area (Å²) in [5.41, 5.74) is 3.37. The Kier molecular flexibility index (Phi) is 7.27. The van der Waals surface area contributed by atoms with Gasteiger partial charge in [0.25, 0.3) is 11.5 Å². The maximum Gasteiger partial charge on any atom is 0.262 e. The lowest BCUT2D eigenvalue weighted by Crippen LogP contribution is -2.29. The van der Waals surface area contributed by atoms with Crippen LogP contribution in [0.1, 0.15) is 47.7 Å². The second kappa shape index (κ2) is 10.3. The Morgan fingerprint density at radius 3 is 2.78 bits per heavy atom. The first-order valence-electron chi connectivity index (χ1n) is 11.2. The molecule has 2 heterocycles.